The van der Waals surface area contributed by atoms with Crippen molar-refractivity contribution in [2.45, 2.75) is 71.9 Å². The van der Waals surface area contributed by atoms with Crippen molar-refractivity contribution in [3.63, 3.8) is 0 Å². The lowest BCUT2D eigenvalue weighted by Gasteiger charge is -2.33. The van der Waals surface area contributed by atoms with Gasteiger partial charge in [0.25, 0.3) is 0 Å². The highest BCUT2D eigenvalue weighted by Gasteiger charge is 2.26. The highest BCUT2D eigenvalue weighted by Crippen LogP contribution is 2.27. The largest absolute Gasteiger partial charge is 0.354 e. The molecule has 1 aliphatic rings. The smallest absolute Gasteiger partial charge is 0.236 e. The van der Waals surface area contributed by atoms with Crippen molar-refractivity contribution in [3.8, 4) is 0 Å². The van der Waals surface area contributed by atoms with E-state index in [0.717, 1.165) is 12.5 Å². The van der Waals surface area contributed by atoms with Crippen LogP contribution in [0.25, 0.3) is 0 Å². The van der Waals surface area contributed by atoms with E-state index in [1.54, 1.807) is 0 Å². The Bertz CT molecular complexity index is 253. The first-order chi connectivity index (χ1) is 8.54. The van der Waals surface area contributed by atoms with Crippen LogP contribution in [0.15, 0.2) is 0 Å². The van der Waals surface area contributed by atoms with Crippen molar-refractivity contribution in [2.75, 3.05) is 6.54 Å². The maximum absolute atomic E-state index is 11.9. The first-order valence-corrected chi connectivity index (χ1v) is 7.58. The normalized spacial score (nSPS) is 26.1. The van der Waals surface area contributed by atoms with E-state index in [0.29, 0.717) is 12.0 Å². The molecule has 1 aliphatic carbocycles. The molecule has 3 nitrogen and oxygen atoms in total. The summed E-state index contributed by atoms with van der Waals surface area (Å²) in [5.74, 6) is 1.41. The lowest BCUT2D eigenvalue weighted by Crippen LogP contribution is -2.50. The van der Waals surface area contributed by atoms with Gasteiger partial charge in [-0.25, -0.2) is 0 Å². The summed E-state index contributed by atoms with van der Waals surface area (Å²) in [6.07, 6.45) is 6.41. The Labute approximate surface area is 112 Å². The van der Waals surface area contributed by atoms with E-state index in [2.05, 4.69) is 31.4 Å². The predicted octanol–water partition coefficient (Wildman–Crippen LogP) is 2.71. The molecular formula is C15H30N2O. The van der Waals surface area contributed by atoms with Crippen molar-refractivity contribution in [3.05, 3.63) is 0 Å². The van der Waals surface area contributed by atoms with Gasteiger partial charge in [0, 0.05) is 12.6 Å². The summed E-state index contributed by atoms with van der Waals surface area (Å²) in [5, 5.41) is 6.53. The minimum atomic E-state index is -0.0686. The number of hydrogen-bond donors (Lipinski definition) is 2. The highest BCUT2D eigenvalue weighted by atomic mass is 16.2. The van der Waals surface area contributed by atoms with Gasteiger partial charge in [-0.2, -0.15) is 0 Å². The molecule has 3 atom stereocenters. The van der Waals surface area contributed by atoms with Crippen LogP contribution in [0.2, 0.25) is 0 Å². The highest BCUT2D eigenvalue weighted by molar-refractivity contribution is 5.81. The minimum absolute atomic E-state index is 0.0686. The molecule has 3 unspecified atom stereocenters. The molecule has 1 fully saturated rings. The first-order valence-electron chi connectivity index (χ1n) is 7.58. The molecule has 0 saturated heterocycles. The molecule has 1 saturated carbocycles. The van der Waals surface area contributed by atoms with Crippen molar-refractivity contribution >= 4 is 5.91 Å². The predicted molar refractivity (Wildman–Crippen MR) is 76.5 cm³/mol. The molecule has 1 amide bonds. The van der Waals surface area contributed by atoms with Crippen LogP contribution in [-0.2, 0) is 4.79 Å². The molecule has 3 heteroatoms. The Morgan fingerprint density at radius 3 is 2.50 bits per heavy atom. The standard InChI is InChI=1S/C15H30N2O/c1-5-13-8-6-7-9-14(13)17-12(4)15(18)16-10-11(2)3/h11-14,17H,5-10H2,1-4H3,(H,16,18). The van der Waals surface area contributed by atoms with Gasteiger partial charge in [-0.1, -0.05) is 40.0 Å². The van der Waals surface area contributed by atoms with E-state index in [1.807, 2.05) is 6.92 Å². The van der Waals surface area contributed by atoms with Crippen LogP contribution < -0.4 is 10.6 Å². The van der Waals surface area contributed by atoms with Crippen molar-refractivity contribution in [1.82, 2.24) is 10.6 Å². The third-order valence-corrected chi connectivity index (χ3v) is 3.98. The lowest BCUT2D eigenvalue weighted by molar-refractivity contribution is -0.123. The van der Waals surface area contributed by atoms with Crippen LogP contribution in [-0.4, -0.2) is 24.5 Å². The molecule has 2 N–H and O–H groups in total. The fraction of sp³-hybridized carbons (Fsp3) is 0.933. The van der Waals surface area contributed by atoms with Crippen molar-refractivity contribution < 1.29 is 4.79 Å². The Morgan fingerprint density at radius 2 is 1.89 bits per heavy atom. The summed E-state index contributed by atoms with van der Waals surface area (Å²) < 4.78 is 0. The fourth-order valence-electron chi connectivity index (χ4n) is 2.77. The quantitative estimate of drug-likeness (QED) is 0.765. The number of rotatable bonds is 6. The molecule has 0 aromatic carbocycles. The van der Waals surface area contributed by atoms with E-state index in [-0.39, 0.29) is 11.9 Å². The molecule has 0 heterocycles. The summed E-state index contributed by atoms with van der Waals surface area (Å²) in [6, 6.07) is 0.462. The van der Waals surface area contributed by atoms with Gasteiger partial charge in [-0.15, -0.1) is 0 Å². The maximum Gasteiger partial charge on any atom is 0.236 e. The van der Waals surface area contributed by atoms with E-state index < -0.39 is 0 Å². The summed E-state index contributed by atoms with van der Waals surface area (Å²) in [7, 11) is 0. The lowest BCUT2D eigenvalue weighted by atomic mass is 9.82. The summed E-state index contributed by atoms with van der Waals surface area (Å²) >= 11 is 0. The molecule has 18 heavy (non-hydrogen) atoms. The van der Waals surface area contributed by atoms with Crippen LogP contribution >= 0.6 is 0 Å². The van der Waals surface area contributed by atoms with Gasteiger partial charge in [-0.05, 0) is 31.6 Å². The third-order valence-electron chi connectivity index (χ3n) is 3.98. The molecule has 1 rings (SSSR count). The maximum atomic E-state index is 11.9. The van der Waals surface area contributed by atoms with Crippen LogP contribution in [0.4, 0.5) is 0 Å². The SMILES string of the molecule is CCC1CCCCC1NC(C)C(=O)NCC(C)C. The van der Waals surface area contributed by atoms with E-state index in [4.69, 9.17) is 0 Å². The molecule has 0 aromatic heterocycles. The average molecular weight is 254 g/mol. The number of amides is 1. The monoisotopic (exact) mass is 254 g/mol. The number of hydrogen-bond acceptors (Lipinski definition) is 2. The third kappa shape index (κ3) is 4.97. The Balaban J connectivity index is 2.37. The topological polar surface area (TPSA) is 41.1 Å². The van der Waals surface area contributed by atoms with Crippen molar-refractivity contribution in [2.24, 2.45) is 11.8 Å². The molecule has 0 spiro atoms. The average Bonchev–Trinajstić information content (AvgIpc) is 2.36. The Morgan fingerprint density at radius 1 is 1.22 bits per heavy atom. The molecule has 0 aliphatic heterocycles. The van der Waals surface area contributed by atoms with Crippen molar-refractivity contribution in [1.29, 1.82) is 0 Å². The second-order valence-corrected chi connectivity index (χ2v) is 6.09. The number of carbonyl (C=O) groups excluding carboxylic acids is 1. The van der Waals surface area contributed by atoms with Crippen LogP contribution in [0.5, 0.6) is 0 Å². The summed E-state index contributed by atoms with van der Waals surface area (Å²) in [4.78, 5) is 11.9. The van der Waals surface area contributed by atoms with Gasteiger partial charge in [0.1, 0.15) is 0 Å². The molecule has 106 valence electrons. The molecule has 0 bridgehead atoms. The van der Waals surface area contributed by atoms with Crippen LogP contribution in [0, 0.1) is 11.8 Å². The van der Waals surface area contributed by atoms with Gasteiger partial charge < -0.3 is 10.6 Å². The number of nitrogens with one attached hydrogen (secondary N) is 2. The molecule has 0 aromatic rings. The zero-order chi connectivity index (χ0) is 13.5. The molecule has 0 radical (unpaired) electrons. The van der Waals surface area contributed by atoms with E-state index >= 15 is 0 Å². The van der Waals surface area contributed by atoms with Crippen LogP contribution in [0.3, 0.4) is 0 Å². The van der Waals surface area contributed by atoms with Gasteiger partial charge in [0.15, 0.2) is 0 Å². The van der Waals surface area contributed by atoms with Gasteiger partial charge in [0.2, 0.25) is 5.91 Å². The summed E-state index contributed by atoms with van der Waals surface area (Å²) in [5.41, 5.74) is 0. The second kappa shape index (κ2) is 7.78. The van der Waals surface area contributed by atoms with Gasteiger partial charge in [-0.3, -0.25) is 4.79 Å². The Hall–Kier alpha value is -0.570. The zero-order valence-electron chi connectivity index (χ0n) is 12.5. The van der Waals surface area contributed by atoms with E-state index in [9.17, 15) is 4.79 Å². The fourth-order valence-corrected chi connectivity index (χ4v) is 2.77. The van der Waals surface area contributed by atoms with Gasteiger partial charge >= 0.3 is 0 Å². The summed E-state index contributed by atoms with van der Waals surface area (Å²) in [6.45, 7) is 9.25. The zero-order valence-corrected chi connectivity index (χ0v) is 12.5. The van der Waals surface area contributed by atoms with E-state index in [1.165, 1.54) is 32.1 Å². The number of carbonyl (C=O) groups is 1. The first kappa shape index (κ1) is 15.5. The van der Waals surface area contributed by atoms with Gasteiger partial charge in [0.05, 0.1) is 6.04 Å². The second-order valence-electron chi connectivity index (χ2n) is 6.09. The minimum Gasteiger partial charge on any atom is -0.354 e. The Kier molecular flexibility index (Phi) is 6.69. The molecular weight excluding hydrogens is 224 g/mol. The van der Waals surface area contributed by atoms with Crippen LogP contribution in [0.1, 0.15) is 59.8 Å².